The smallest absolute Gasteiger partial charge is 0.337 e. The van der Waals surface area contributed by atoms with Gasteiger partial charge in [0.15, 0.2) is 0 Å². The van der Waals surface area contributed by atoms with Crippen LogP contribution in [0.1, 0.15) is 43.0 Å². The van der Waals surface area contributed by atoms with Gasteiger partial charge in [-0.2, -0.15) is 0 Å². The number of rotatable bonds is 4. The van der Waals surface area contributed by atoms with E-state index in [1.54, 1.807) is 12.1 Å². The van der Waals surface area contributed by atoms with E-state index in [0.717, 1.165) is 18.2 Å². The van der Waals surface area contributed by atoms with E-state index in [1.807, 2.05) is 6.07 Å². The first-order valence-corrected chi connectivity index (χ1v) is 6.93. The SMILES string of the molecule is CC1CCCC(CNc2ccc(N)c(C(=O)O)c2)C1. The maximum absolute atomic E-state index is 11.0. The van der Waals surface area contributed by atoms with Crippen molar-refractivity contribution in [1.82, 2.24) is 0 Å². The third kappa shape index (κ3) is 3.63. The second-order valence-corrected chi connectivity index (χ2v) is 5.63. The molecule has 0 aromatic heterocycles. The second-order valence-electron chi connectivity index (χ2n) is 5.63. The first-order chi connectivity index (χ1) is 9.06. The van der Waals surface area contributed by atoms with Crippen LogP contribution >= 0.6 is 0 Å². The Hall–Kier alpha value is -1.71. The molecular formula is C15H22N2O2. The van der Waals surface area contributed by atoms with E-state index in [4.69, 9.17) is 10.8 Å². The van der Waals surface area contributed by atoms with Crippen molar-refractivity contribution in [1.29, 1.82) is 0 Å². The standard InChI is InChI=1S/C15H22N2O2/c1-10-3-2-4-11(7-10)9-17-12-5-6-14(16)13(8-12)15(18)19/h5-6,8,10-11,17H,2-4,7,9,16H2,1H3,(H,18,19). The van der Waals surface area contributed by atoms with Crippen LogP contribution in [0.4, 0.5) is 11.4 Å². The lowest BCUT2D eigenvalue weighted by Crippen LogP contribution is -2.21. The van der Waals surface area contributed by atoms with E-state index < -0.39 is 5.97 Å². The highest BCUT2D eigenvalue weighted by molar-refractivity contribution is 5.94. The van der Waals surface area contributed by atoms with Crippen LogP contribution in [0.2, 0.25) is 0 Å². The van der Waals surface area contributed by atoms with Gasteiger partial charge < -0.3 is 16.2 Å². The highest BCUT2D eigenvalue weighted by Gasteiger charge is 2.18. The number of nitrogens with one attached hydrogen (secondary N) is 1. The van der Waals surface area contributed by atoms with Gasteiger partial charge in [-0.1, -0.05) is 19.8 Å². The van der Waals surface area contributed by atoms with Crippen LogP contribution in [-0.4, -0.2) is 17.6 Å². The zero-order chi connectivity index (χ0) is 13.8. The highest BCUT2D eigenvalue weighted by atomic mass is 16.4. The van der Waals surface area contributed by atoms with Crippen molar-refractivity contribution in [3.63, 3.8) is 0 Å². The molecule has 4 nitrogen and oxygen atoms in total. The van der Waals surface area contributed by atoms with E-state index in [9.17, 15) is 4.79 Å². The lowest BCUT2D eigenvalue weighted by Gasteiger charge is -2.27. The predicted molar refractivity (Wildman–Crippen MR) is 77.4 cm³/mol. The fourth-order valence-electron chi connectivity index (χ4n) is 2.86. The molecule has 1 aromatic rings. The molecule has 4 heteroatoms. The van der Waals surface area contributed by atoms with Crippen LogP contribution < -0.4 is 11.1 Å². The molecule has 2 unspecified atom stereocenters. The average molecular weight is 262 g/mol. The van der Waals surface area contributed by atoms with Gasteiger partial charge in [0.2, 0.25) is 0 Å². The van der Waals surface area contributed by atoms with E-state index >= 15 is 0 Å². The fraction of sp³-hybridized carbons (Fsp3) is 0.533. The zero-order valence-corrected chi connectivity index (χ0v) is 11.4. The molecule has 1 aliphatic carbocycles. The van der Waals surface area contributed by atoms with Gasteiger partial charge >= 0.3 is 5.97 Å². The van der Waals surface area contributed by atoms with Crippen molar-refractivity contribution >= 4 is 17.3 Å². The molecule has 2 atom stereocenters. The molecule has 0 aliphatic heterocycles. The van der Waals surface area contributed by atoms with Gasteiger partial charge in [0.1, 0.15) is 0 Å². The van der Waals surface area contributed by atoms with E-state index in [1.165, 1.54) is 25.7 Å². The molecule has 0 bridgehead atoms. The van der Waals surface area contributed by atoms with Crippen LogP contribution in [0.5, 0.6) is 0 Å². The monoisotopic (exact) mass is 262 g/mol. The predicted octanol–water partition coefficient (Wildman–Crippen LogP) is 3.21. The molecule has 0 saturated heterocycles. The van der Waals surface area contributed by atoms with Gasteiger partial charge in [-0.3, -0.25) is 0 Å². The molecule has 1 aromatic carbocycles. The number of nitrogen functional groups attached to an aromatic ring is 1. The first kappa shape index (κ1) is 13.7. The number of aromatic carboxylic acids is 1. The van der Waals surface area contributed by atoms with Crippen LogP contribution in [0.25, 0.3) is 0 Å². The van der Waals surface area contributed by atoms with Crippen molar-refractivity contribution in [2.45, 2.75) is 32.6 Å². The minimum atomic E-state index is -0.979. The molecule has 1 aliphatic rings. The lowest BCUT2D eigenvalue weighted by atomic mass is 9.82. The number of carboxylic acid groups (broad SMARTS) is 1. The number of hydrogen-bond acceptors (Lipinski definition) is 3. The fourth-order valence-corrected chi connectivity index (χ4v) is 2.86. The summed E-state index contributed by atoms with van der Waals surface area (Å²) in [5, 5.41) is 12.4. The Balaban J connectivity index is 1.96. The Kier molecular flexibility index (Phi) is 4.30. The summed E-state index contributed by atoms with van der Waals surface area (Å²) in [5.41, 5.74) is 6.95. The third-order valence-corrected chi connectivity index (χ3v) is 3.92. The largest absolute Gasteiger partial charge is 0.478 e. The minimum absolute atomic E-state index is 0.169. The van der Waals surface area contributed by atoms with Gasteiger partial charge in [0.25, 0.3) is 0 Å². The van der Waals surface area contributed by atoms with Crippen molar-refractivity contribution in [3.05, 3.63) is 23.8 Å². The molecular weight excluding hydrogens is 240 g/mol. The molecule has 0 amide bonds. The molecule has 0 heterocycles. The molecule has 0 spiro atoms. The third-order valence-electron chi connectivity index (χ3n) is 3.92. The Morgan fingerprint density at radius 2 is 2.26 bits per heavy atom. The molecule has 4 N–H and O–H groups in total. The molecule has 0 radical (unpaired) electrons. The summed E-state index contributed by atoms with van der Waals surface area (Å²) in [6.45, 7) is 3.21. The van der Waals surface area contributed by atoms with E-state index in [2.05, 4.69) is 12.2 Å². The molecule has 19 heavy (non-hydrogen) atoms. The highest BCUT2D eigenvalue weighted by Crippen LogP contribution is 2.29. The Labute approximate surface area is 114 Å². The number of anilines is 2. The quantitative estimate of drug-likeness (QED) is 0.728. The molecule has 1 fully saturated rings. The first-order valence-electron chi connectivity index (χ1n) is 6.93. The van der Waals surface area contributed by atoms with E-state index in [-0.39, 0.29) is 5.56 Å². The number of benzene rings is 1. The normalized spacial score (nSPS) is 23.0. The van der Waals surface area contributed by atoms with Crippen LogP contribution in [0.3, 0.4) is 0 Å². The lowest BCUT2D eigenvalue weighted by molar-refractivity contribution is 0.0698. The Bertz CT molecular complexity index is 459. The van der Waals surface area contributed by atoms with Crippen molar-refractivity contribution in [2.75, 3.05) is 17.6 Å². The summed E-state index contributed by atoms with van der Waals surface area (Å²) in [7, 11) is 0. The molecule has 2 rings (SSSR count). The van der Waals surface area contributed by atoms with Crippen molar-refractivity contribution in [3.8, 4) is 0 Å². The van der Waals surface area contributed by atoms with Gasteiger partial charge in [-0.05, 0) is 42.9 Å². The maximum atomic E-state index is 11.0. The van der Waals surface area contributed by atoms with E-state index in [0.29, 0.717) is 11.6 Å². The van der Waals surface area contributed by atoms with Gasteiger partial charge in [0.05, 0.1) is 5.56 Å². The zero-order valence-electron chi connectivity index (χ0n) is 11.4. The molecule has 104 valence electrons. The number of nitrogens with two attached hydrogens (primary N) is 1. The summed E-state index contributed by atoms with van der Waals surface area (Å²) in [4.78, 5) is 11.0. The summed E-state index contributed by atoms with van der Waals surface area (Å²) >= 11 is 0. The molecule has 1 saturated carbocycles. The van der Waals surface area contributed by atoms with Gasteiger partial charge in [-0.25, -0.2) is 4.79 Å². The summed E-state index contributed by atoms with van der Waals surface area (Å²) in [5.74, 6) is 0.517. The summed E-state index contributed by atoms with van der Waals surface area (Å²) in [6.07, 6.45) is 5.16. The van der Waals surface area contributed by atoms with Crippen molar-refractivity contribution in [2.24, 2.45) is 11.8 Å². The van der Waals surface area contributed by atoms with Crippen LogP contribution in [0.15, 0.2) is 18.2 Å². The number of hydrogen-bond donors (Lipinski definition) is 3. The Morgan fingerprint density at radius 3 is 2.95 bits per heavy atom. The summed E-state index contributed by atoms with van der Waals surface area (Å²) in [6, 6.07) is 5.10. The van der Waals surface area contributed by atoms with Gasteiger partial charge in [-0.15, -0.1) is 0 Å². The maximum Gasteiger partial charge on any atom is 0.337 e. The number of carbonyl (C=O) groups is 1. The summed E-state index contributed by atoms with van der Waals surface area (Å²) < 4.78 is 0. The van der Waals surface area contributed by atoms with Gasteiger partial charge in [0, 0.05) is 17.9 Å². The topological polar surface area (TPSA) is 75.3 Å². The van der Waals surface area contributed by atoms with Crippen LogP contribution in [-0.2, 0) is 0 Å². The minimum Gasteiger partial charge on any atom is -0.478 e. The van der Waals surface area contributed by atoms with Crippen molar-refractivity contribution < 1.29 is 9.90 Å². The Morgan fingerprint density at radius 1 is 1.47 bits per heavy atom. The van der Waals surface area contributed by atoms with Crippen LogP contribution in [0, 0.1) is 11.8 Å². The number of carboxylic acids is 1. The average Bonchev–Trinajstić information content (AvgIpc) is 2.37. The second kappa shape index (κ2) is 5.95.